The standard InChI is InChI=1S/C19H25BrN2O5/c1-19(2,3)21-16(24)11-22(4)17(25)12-27-18(26)10-9-15(23)13-5-7-14(20)8-6-13/h5-8H,9-12H2,1-4H3,(H,21,24). The van der Waals surface area contributed by atoms with Gasteiger partial charge in [-0.05, 0) is 32.9 Å². The minimum absolute atomic E-state index is 0.00150. The van der Waals surface area contributed by atoms with Crippen LogP contribution in [0.25, 0.3) is 0 Å². The predicted octanol–water partition coefficient (Wildman–Crippen LogP) is 2.33. The molecule has 0 heterocycles. The van der Waals surface area contributed by atoms with Crippen LogP contribution in [0.4, 0.5) is 0 Å². The first kappa shape index (κ1) is 22.8. The van der Waals surface area contributed by atoms with Crippen molar-refractivity contribution >= 4 is 39.5 Å². The Hall–Kier alpha value is -2.22. The van der Waals surface area contributed by atoms with E-state index in [9.17, 15) is 19.2 Å². The lowest BCUT2D eigenvalue weighted by atomic mass is 10.1. The Kier molecular flexibility index (Phi) is 8.62. The molecule has 1 aromatic carbocycles. The summed E-state index contributed by atoms with van der Waals surface area (Å²) in [5, 5.41) is 2.74. The number of likely N-dealkylation sites (N-methyl/N-ethyl adjacent to an activating group) is 1. The van der Waals surface area contributed by atoms with Crippen molar-refractivity contribution in [1.82, 2.24) is 10.2 Å². The van der Waals surface area contributed by atoms with Crippen molar-refractivity contribution in [2.45, 2.75) is 39.2 Å². The molecule has 2 amide bonds. The summed E-state index contributed by atoms with van der Waals surface area (Å²) in [5.41, 5.74) is 0.112. The normalized spacial score (nSPS) is 10.9. The van der Waals surface area contributed by atoms with Crippen LogP contribution in [0.5, 0.6) is 0 Å². The fourth-order valence-corrected chi connectivity index (χ4v) is 2.35. The first-order valence-electron chi connectivity index (χ1n) is 8.47. The molecule has 0 aromatic heterocycles. The molecule has 1 rings (SSSR count). The molecule has 148 valence electrons. The summed E-state index contributed by atoms with van der Waals surface area (Å²) in [5.74, 6) is -1.61. The molecule has 0 spiro atoms. The first-order valence-corrected chi connectivity index (χ1v) is 9.26. The number of hydrogen-bond donors (Lipinski definition) is 1. The van der Waals surface area contributed by atoms with E-state index >= 15 is 0 Å². The molecule has 0 fully saturated rings. The zero-order valence-electron chi connectivity index (χ0n) is 16.0. The molecular weight excluding hydrogens is 416 g/mol. The fraction of sp³-hybridized carbons (Fsp3) is 0.474. The summed E-state index contributed by atoms with van der Waals surface area (Å²) in [6.07, 6.45) is -0.116. The summed E-state index contributed by atoms with van der Waals surface area (Å²) in [6, 6.07) is 6.82. The highest BCUT2D eigenvalue weighted by atomic mass is 79.9. The summed E-state index contributed by atoms with van der Waals surface area (Å²) in [6.45, 7) is 4.92. The molecule has 0 unspecified atom stereocenters. The lowest BCUT2D eigenvalue weighted by Crippen LogP contribution is -2.46. The Morgan fingerprint density at radius 1 is 1.07 bits per heavy atom. The third-order valence-corrected chi connectivity index (χ3v) is 3.93. The number of ether oxygens (including phenoxy) is 1. The number of nitrogens with one attached hydrogen (secondary N) is 1. The van der Waals surface area contributed by atoms with E-state index in [1.54, 1.807) is 24.3 Å². The molecule has 0 radical (unpaired) electrons. The molecule has 0 aliphatic carbocycles. The topological polar surface area (TPSA) is 92.8 Å². The SMILES string of the molecule is CN(CC(=O)NC(C)(C)C)C(=O)COC(=O)CCC(=O)c1ccc(Br)cc1. The molecule has 0 atom stereocenters. The van der Waals surface area contributed by atoms with Crippen LogP contribution in [0.15, 0.2) is 28.7 Å². The van der Waals surface area contributed by atoms with Gasteiger partial charge in [-0.2, -0.15) is 0 Å². The zero-order chi connectivity index (χ0) is 20.6. The van der Waals surface area contributed by atoms with Gasteiger partial charge in [-0.1, -0.05) is 28.1 Å². The number of nitrogens with zero attached hydrogens (tertiary/aromatic N) is 1. The third kappa shape index (κ3) is 9.33. The molecule has 8 heteroatoms. The Balaban J connectivity index is 2.34. The highest BCUT2D eigenvalue weighted by molar-refractivity contribution is 9.10. The molecule has 0 aliphatic heterocycles. The van der Waals surface area contributed by atoms with E-state index in [4.69, 9.17) is 4.74 Å². The molecule has 0 bridgehead atoms. The number of Topliss-reactive ketones (excluding diaryl/α,β-unsaturated/α-hetero) is 1. The minimum atomic E-state index is -0.638. The Labute approximate surface area is 167 Å². The average molecular weight is 441 g/mol. The third-order valence-electron chi connectivity index (χ3n) is 3.40. The summed E-state index contributed by atoms with van der Waals surface area (Å²) >= 11 is 3.29. The van der Waals surface area contributed by atoms with Crippen LogP contribution < -0.4 is 5.32 Å². The summed E-state index contributed by atoms with van der Waals surface area (Å²) in [4.78, 5) is 48.6. The zero-order valence-corrected chi connectivity index (χ0v) is 17.6. The van der Waals surface area contributed by atoms with Crippen LogP contribution in [0, 0.1) is 0 Å². The van der Waals surface area contributed by atoms with Gasteiger partial charge in [-0.15, -0.1) is 0 Å². The van der Waals surface area contributed by atoms with Crippen LogP contribution in [0.3, 0.4) is 0 Å². The molecule has 0 aliphatic rings. The number of esters is 1. The van der Waals surface area contributed by atoms with Crippen LogP contribution >= 0.6 is 15.9 Å². The van der Waals surface area contributed by atoms with Crippen molar-refractivity contribution in [3.8, 4) is 0 Å². The van der Waals surface area contributed by atoms with E-state index in [0.29, 0.717) is 5.56 Å². The largest absolute Gasteiger partial charge is 0.456 e. The van der Waals surface area contributed by atoms with E-state index in [-0.39, 0.29) is 31.1 Å². The van der Waals surface area contributed by atoms with Gasteiger partial charge in [-0.3, -0.25) is 19.2 Å². The van der Waals surface area contributed by atoms with Gasteiger partial charge >= 0.3 is 5.97 Å². The second-order valence-electron chi connectivity index (χ2n) is 7.14. The molecular formula is C19H25BrN2O5. The number of carbonyl (C=O) groups is 4. The predicted molar refractivity (Wildman–Crippen MR) is 104 cm³/mol. The van der Waals surface area contributed by atoms with Crippen LogP contribution in [-0.2, 0) is 19.1 Å². The van der Waals surface area contributed by atoms with Gasteiger partial charge in [0.15, 0.2) is 12.4 Å². The maximum atomic E-state index is 12.0. The number of amides is 2. The monoisotopic (exact) mass is 440 g/mol. The smallest absolute Gasteiger partial charge is 0.306 e. The number of ketones is 1. The maximum absolute atomic E-state index is 12.0. The molecule has 0 saturated heterocycles. The average Bonchev–Trinajstić information content (AvgIpc) is 2.56. The van der Waals surface area contributed by atoms with Crippen LogP contribution in [0.1, 0.15) is 44.0 Å². The Bertz CT molecular complexity index is 695. The number of halogens is 1. The second kappa shape index (κ2) is 10.2. The van der Waals surface area contributed by atoms with E-state index in [2.05, 4.69) is 21.2 Å². The van der Waals surface area contributed by atoms with Crippen molar-refractivity contribution in [3.05, 3.63) is 34.3 Å². The minimum Gasteiger partial charge on any atom is -0.456 e. The van der Waals surface area contributed by atoms with Crippen LogP contribution in [0.2, 0.25) is 0 Å². The van der Waals surface area contributed by atoms with Crippen molar-refractivity contribution in [1.29, 1.82) is 0 Å². The van der Waals surface area contributed by atoms with E-state index in [0.717, 1.165) is 4.47 Å². The molecule has 7 nitrogen and oxygen atoms in total. The lowest BCUT2D eigenvalue weighted by molar-refractivity contribution is -0.152. The molecule has 1 aromatic rings. The van der Waals surface area contributed by atoms with Gasteiger partial charge in [0, 0.05) is 29.0 Å². The van der Waals surface area contributed by atoms with Gasteiger partial charge in [-0.25, -0.2) is 0 Å². The van der Waals surface area contributed by atoms with E-state index in [1.165, 1.54) is 11.9 Å². The molecule has 27 heavy (non-hydrogen) atoms. The van der Waals surface area contributed by atoms with Crippen molar-refractivity contribution in [3.63, 3.8) is 0 Å². The number of rotatable bonds is 8. The summed E-state index contributed by atoms with van der Waals surface area (Å²) < 4.78 is 5.75. The van der Waals surface area contributed by atoms with Gasteiger partial charge in [0.1, 0.15) is 0 Å². The van der Waals surface area contributed by atoms with Gasteiger partial charge in [0.05, 0.1) is 13.0 Å². The Morgan fingerprint density at radius 3 is 2.22 bits per heavy atom. The molecule has 0 saturated carbocycles. The fourth-order valence-electron chi connectivity index (χ4n) is 2.08. The number of carbonyl (C=O) groups excluding carboxylic acids is 4. The summed E-state index contributed by atoms with van der Waals surface area (Å²) in [7, 11) is 1.45. The molecule has 1 N–H and O–H groups in total. The van der Waals surface area contributed by atoms with E-state index in [1.807, 2.05) is 20.8 Å². The number of hydrogen-bond acceptors (Lipinski definition) is 5. The van der Waals surface area contributed by atoms with Gasteiger partial charge in [0.25, 0.3) is 5.91 Å². The van der Waals surface area contributed by atoms with E-state index < -0.39 is 24.0 Å². The van der Waals surface area contributed by atoms with Crippen molar-refractivity contribution in [2.75, 3.05) is 20.2 Å². The second-order valence-corrected chi connectivity index (χ2v) is 8.05. The van der Waals surface area contributed by atoms with Crippen LogP contribution in [-0.4, -0.2) is 54.2 Å². The quantitative estimate of drug-likeness (QED) is 0.494. The van der Waals surface area contributed by atoms with Crippen molar-refractivity contribution < 1.29 is 23.9 Å². The van der Waals surface area contributed by atoms with Crippen molar-refractivity contribution in [2.24, 2.45) is 0 Å². The first-order chi connectivity index (χ1) is 12.5. The maximum Gasteiger partial charge on any atom is 0.306 e. The highest BCUT2D eigenvalue weighted by Gasteiger charge is 2.19. The Morgan fingerprint density at radius 2 is 1.67 bits per heavy atom. The lowest BCUT2D eigenvalue weighted by Gasteiger charge is -2.23. The van der Waals surface area contributed by atoms with Gasteiger partial charge < -0.3 is 15.0 Å². The van der Waals surface area contributed by atoms with Gasteiger partial charge in [0.2, 0.25) is 5.91 Å². The highest BCUT2D eigenvalue weighted by Crippen LogP contribution is 2.12. The number of benzene rings is 1.